The number of carbonyl (C=O) groups excluding carboxylic acids is 2. The predicted octanol–water partition coefficient (Wildman–Crippen LogP) is 1.75. The molecule has 0 spiro atoms. The molecule has 3 heterocycles. The molecule has 0 N–H and O–H groups in total. The number of amides is 2. The molecule has 22 heavy (non-hydrogen) atoms. The molecule has 3 rings (SSSR count). The lowest BCUT2D eigenvalue weighted by atomic mass is 10.3. The fraction of sp³-hybridized carbons (Fsp3) is 0.357. The van der Waals surface area contributed by atoms with Crippen molar-refractivity contribution in [2.45, 2.75) is 6.92 Å². The van der Waals surface area contributed by atoms with Gasteiger partial charge < -0.3 is 9.80 Å². The predicted molar refractivity (Wildman–Crippen MR) is 85.9 cm³/mol. The van der Waals surface area contributed by atoms with Crippen LogP contribution in [0.3, 0.4) is 0 Å². The summed E-state index contributed by atoms with van der Waals surface area (Å²) in [6.07, 6.45) is 5.07. The van der Waals surface area contributed by atoms with Crippen LogP contribution in [-0.2, 0) is 9.59 Å². The van der Waals surface area contributed by atoms with Crippen molar-refractivity contribution >= 4 is 45.8 Å². The highest BCUT2D eigenvalue weighted by Crippen LogP contribution is 2.22. The maximum atomic E-state index is 12.2. The largest absolute Gasteiger partial charge is 0.339 e. The second kappa shape index (κ2) is 6.10. The van der Waals surface area contributed by atoms with E-state index < -0.39 is 0 Å². The first-order chi connectivity index (χ1) is 10.6. The van der Waals surface area contributed by atoms with Crippen molar-refractivity contribution in [1.29, 1.82) is 0 Å². The first-order valence-corrected chi connectivity index (χ1v) is 8.15. The zero-order valence-electron chi connectivity index (χ0n) is 12.0. The van der Waals surface area contributed by atoms with Gasteiger partial charge in [-0.05, 0) is 6.08 Å². The number of fused-ring (bicyclic) bond motifs is 1. The lowest BCUT2D eigenvalue weighted by Crippen LogP contribution is -2.49. The molecule has 6 nitrogen and oxygen atoms in total. The van der Waals surface area contributed by atoms with Gasteiger partial charge in [0.15, 0.2) is 10.1 Å². The molecule has 0 radical (unpaired) electrons. The van der Waals surface area contributed by atoms with Gasteiger partial charge in [-0.2, -0.15) is 0 Å². The summed E-state index contributed by atoms with van der Waals surface area (Å²) >= 11 is 7.57. The van der Waals surface area contributed by atoms with Crippen molar-refractivity contribution < 1.29 is 9.59 Å². The lowest BCUT2D eigenvalue weighted by Gasteiger charge is -2.33. The fourth-order valence-electron chi connectivity index (χ4n) is 2.42. The van der Waals surface area contributed by atoms with Crippen molar-refractivity contribution in [2.24, 2.45) is 0 Å². The molecule has 1 saturated heterocycles. The van der Waals surface area contributed by atoms with Crippen LogP contribution in [0.15, 0.2) is 17.7 Å². The summed E-state index contributed by atoms with van der Waals surface area (Å²) in [5, 5.41) is 2.30. The normalized spacial score (nSPS) is 15.9. The molecule has 1 fully saturated rings. The van der Waals surface area contributed by atoms with Crippen LogP contribution in [0.1, 0.15) is 12.6 Å². The molecule has 2 aromatic heterocycles. The Morgan fingerprint density at radius 2 is 1.95 bits per heavy atom. The maximum absolute atomic E-state index is 12.2. The van der Waals surface area contributed by atoms with E-state index in [1.165, 1.54) is 17.4 Å². The van der Waals surface area contributed by atoms with Gasteiger partial charge in [0.25, 0.3) is 0 Å². The Morgan fingerprint density at radius 3 is 2.64 bits per heavy atom. The van der Waals surface area contributed by atoms with Crippen molar-refractivity contribution in [3.63, 3.8) is 0 Å². The molecule has 0 bridgehead atoms. The third kappa shape index (κ3) is 2.86. The highest BCUT2D eigenvalue weighted by Gasteiger charge is 2.21. The van der Waals surface area contributed by atoms with Gasteiger partial charge in [0.05, 0.1) is 5.69 Å². The Bertz CT molecular complexity index is 743. The number of halogens is 1. The zero-order chi connectivity index (χ0) is 15.7. The topological polar surface area (TPSA) is 57.9 Å². The van der Waals surface area contributed by atoms with E-state index in [0.29, 0.717) is 37.0 Å². The van der Waals surface area contributed by atoms with E-state index in [0.717, 1.165) is 4.96 Å². The summed E-state index contributed by atoms with van der Waals surface area (Å²) in [7, 11) is 0. The Morgan fingerprint density at radius 1 is 1.27 bits per heavy atom. The van der Waals surface area contributed by atoms with Crippen LogP contribution in [0.5, 0.6) is 0 Å². The number of hydrogen-bond donors (Lipinski definition) is 0. The number of rotatable bonds is 2. The number of thiazole rings is 1. The van der Waals surface area contributed by atoms with E-state index >= 15 is 0 Å². The van der Waals surface area contributed by atoms with Crippen LogP contribution in [0.4, 0.5) is 0 Å². The van der Waals surface area contributed by atoms with Gasteiger partial charge in [0.1, 0.15) is 0 Å². The highest BCUT2D eigenvalue weighted by molar-refractivity contribution is 7.15. The standard InChI is InChI=1S/C14H15ClN4O2S/c1-10(20)17-4-6-18(7-5-17)12(21)3-2-11-13(15)16-14-19(11)8-9-22-14/h2-3,8-9H,4-7H2,1H3/b3-2+. The van der Waals surface area contributed by atoms with Crippen LogP contribution in [0.2, 0.25) is 5.15 Å². The molecule has 1 aliphatic rings. The van der Waals surface area contributed by atoms with E-state index in [-0.39, 0.29) is 11.8 Å². The van der Waals surface area contributed by atoms with Gasteiger partial charge in [-0.3, -0.25) is 14.0 Å². The minimum Gasteiger partial charge on any atom is -0.339 e. The molecular weight excluding hydrogens is 324 g/mol. The summed E-state index contributed by atoms with van der Waals surface area (Å²) in [6.45, 7) is 3.81. The highest BCUT2D eigenvalue weighted by atomic mass is 35.5. The molecule has 0 aliphatic carbocycles. The number of aromatic nitrogens is 2. The molecule has 116 valence electrons. The van der Waals surface area contributed by atoms with Gasteiger partial charge in [-0.25, -0.2) is 4.98 Å². The zero-order valence-corrected chi connectivity index (χ0v) is 13.6. The third-order valence-electron chi connectivity index (χ3n) is 3.67. The molecule has 1 aliphatic heterocycles. The summed E-state index contributed by atoms with van der Waals surface area (Å²) in [5.41, 5.74) is 0.702. The molecule has 0 unspecified atom stereocenters. The third-order valence-corrected chi connectivity index (χ3v) is 4.71. The molecule has 0 atom stereocenters. The van der Waals surface area contributed by atoms with Crippen LogP contribution >= 0.6 is 22.9 Å². The minimum absolute atomic E-state index is 0.0496. The molecule has 0 saturated carbocycles. The Balaban J connectivity index is 1.68. The number of nitrogens with zero attached hydrogens (tertiary/aromatic N) is 4. The van der Waals surface area contributed by atoms with Crippen LogP contribution in [0.25, 0.3) is 11.0 Å². The lowest BCUT2D eigenvalue weighted by molar-refractivity contribution is -0.135. The van der Waals surface area contributed by atoms with E-state index in [4.69, 9.17) is 11.6 Å². The SMILES string of the molecule is CC(=O)N1CCN(C(=O)/C=C/c2c(Cl)nc3sccn23)CC1. The van der Waals surface area contributed by atoms with Crippen LogP contribution in [0, 0.1) is 0 Å². The Kier molecular flexibility index (Phi) is 4.17. The molecular formula is C14H15ClN4O2S. The molecule has 2 aromatic rings. The van der Waals surface area contributed by atoms with E-state index in [1.807, 2.05) is 16.0 Å². The molecule has 2 amide bonds. The summed E-state index contributed by atoms with van der Waals surface area (Å²) in [4.78, 5) is 32.0. The van der Waals surface area contributed by atoms with Crippen molar-refractivity contribution in [3.8, 4) is 0 Å². The van der Waals surface area contributed by atoms with Gasteiger partial charge >= 0.3 is 0 Å². The second-order valence-electron chi connectivity index (χ2n) is 5.01. The monoisotopic (exact) mass is 338 g/mol. The number of piperazine rings is 1. The Hall–Kier alpha value is -1.86. The van der Waals surface area contributed by atoms with E-state index in [2.05, 4.69) is 4.98 Å². The summed E-state index contributed by atoms with van der Waals surface area (Å²) in [5.74, 6) is -0.0296. The van der Waals surface area contributed by atoms with Crippen LogP contribution < -0.4 is 0 Å². The number of imidazole rings is 1. The average Bonchev–Trinajstić information content (AvgIpc) is 3.06. The minimum atomic E-state index is -0.0792. The van der Waals surface area contributed by atoms with E-state index in [9.17, 15) is 9.59 Å². The van der Waals surface area contributed by atoms with Crippen molar-refractivity contribution in [1.82, 2.24) is 19.2 Å². The maximum Gasteiger partial charge on any atom is 0.246 e. The van der Waals surface area contributed by atoms with E-state index in [1.54, 1.807) is 22.8 Å². The summed E-state index contributed by atoms with van der Waals surface area (Å²) in [6, 6.07) is 0. The number of hydrogen-bond acceptors (Lipinski definition) is 4. The first-order valence-electron chi connectivity index (χ1n) is 6.90. The number of carbonyl (C=O) groups is 2. The average molecular weight is 339 g/mol. The van der Waals surface area contributed by atoms with Crippen molar-refractivity contribution in [3.05, 3.63) is 28.5 Å². The Labute approximate surface area is 136 Å². The molecule has 0 aromatic carbocycles. The quantitative estimate of drug-likeness (QED) is 0.784. The van der Waals surface area contributed by atoms with Gasteiger partial charge in [0.2, 0.25) is 11.8 Å². The van der Waals surface area contributed by atoms with Crippen molar-refractivity contribution in [2.75, 3.05) is 26.2 Å². The van der Waals surface area contributed by atoms with Gasteiger partial charge in [-0.15, -0.1) is 11.3 Å². The van der Waals surface area contributed by atoms with Gasteiger partial charge in [0, 0.05) is 50.8 Å². The van der Waals surface area contributed by atoms with Gasteiger partial charge in [-0.1, -0.05) is 11.6 Å². The molecule has 8 heteroatoms. The summed E-state index contributed by atoms with van der Waals surface area (Å²) < 4.78 is 1.85. The first kappa shape index (κ1) is 15.1. The second-order valence-corrected chi connectivity index (χ2v) is 6.24. The smallest absolute Gasteiger partial charge is 0.246 e. The van der Waals surface area contributed by atoms with Crippen LogP contribution in [-0.4, -0.2) is 57.2 Å². The fourth-order valence-corrected chi connectivity index (χ4v) is 3.43.